The quantitative estimate of drug-likeness (QED) is 0.629. The van der Waals surface area contributed by atoms with Gasteiger partial charge in [-0.25, -0.2) is 15.0 Å². The Kier molecular flexibility index (Phi) is 3.08. The minimum absolute atomic E-state index is 0.0990. The van der Waals surface area contributed by atoms with Crippen LogP contribution in [0, 0.1) is 0 Å². The van der Waals surface area contributed by atoms with Gasteiger partial charge >= 0.3 is 0 Å². The molecule has 3 aromatic heterocycles. The number of carbonyl (C=O) groups is 1. The molecule has 0 saturated carbocycles. The van der Waals surface area contributed by atoms with Crippen LogP contribution in [0.25, 0.3) is 5.78 Å². The minimum atomic E-state index is -0.412. The summed E-state index contributed by atoms with van der Waals surface area (Å²) in [7, 11) is 0. The van der Waals surface area contributed by atoms with Crippen molar-refractivity contribution in [3.8, 4) is 0 Å². The van der Waals surface area contributed by atoms with Crippen molar-refractivity contribution in [1.82, 2.24) is 35.0 Å². The molecule has 0 saturated heterocycles. The van der Waals surface area contributed by atoms with Crippen LogP contribution in [0.2, 0.25) is 0 Å². The number of aromatic amines is 1. The molecule has 0 fully saturated rings. The van der Waals surface area contributed by atoms with Crippen molar-refractivity contribution in [1.29, 1.82) is 0 Å². The number of amides is 1. The Bertz CT molecular complexity index is 788. The molecule has 3 aromatic rings. The Balaban J connectivity index is 1.47. The third-order valence-electron chi connectivity index (χ3n) is 3.74. The maximum Gasteiger partial charge on any atom is 0.243 e. The van der Waals surface area contributed by atoms with E-state index < -0.39 is 6.04 Å². The summed E-state index contributed by atoms with van der Waals surface area (Å²) in [5.74, 6) is 0.523. The molecular formula is C14H15N7O. The third-order valence-corrected chi connectivity index (χ3v) is 3.74. The van der Waals surface area contributed by atoms with E-state index in [9.17, 15) is 4.79 Å². The number of carbonyl (C=O) groups excluding carboxylic acids is 1. The van der Waals surface area contributed by atoms with Crippen LogP contribution in [0.5, 0.6) is 0 Å². The Hall–Kier alpha value is -2.74. The van der Waals surface area contributed by atoms with Crippen molar-refractivity contribution in [2.75, 3.05) is 6.54 Å². The molecule has 0 unspecified atom stereocenters. The number of nitrogens with one attached hydrogen (secondary N) is 3. The maximum atomic E-state index is 12.4. The van der Waals surface area contributed by atoms with Crippen LogP contribution in [0.1, 0.15) is 23.1 Å². The van der Waals surface area contributed by atoms with Crippen molar-refractivity contribution < 1.29 is 4.79 Å². The van der Waals surface area contributed by atoms with Crippen LogP contribution in [0.3, 0.4) is 0 Å². The standard InChI is InChI=1S/C14H15N7O/c22-13(12-11-10(2-4-15-12)18-8-19-11)17-6-9-7-21-5-1-3-16-14(21)20-9/h1,3,5,7-8,12,15H,2,4,6H2,(H,17,22)(H,18,19)/t12-/m0/s1. The van der Waals surface area contributed by atoms with Gasteiger partial charge in [-0.15, -0.1) is 0 Å². The number of hydrogen-bond acceptors (Lipinski definition) is 5. The SMILES string of the molecule is O=C(NCc1cn2cccnc2n1)[C@H]1NCCc2[nH]cnc21. The molecule has 3 N–H and O–H groups in total. The number of rotatable bonds is 3. The third kappa shape index (κ3) is 2.23. The lowest BCUT2D eigenvalue weighted by atomic mass is 10.1. The highest BCUT2D eigenvalue weighted by Crippen LogP contribution is 2.19. The van der Waals surface area contributed by atoms with Crippen molar-refractivity contribution in [2.45, 2.75) is 19.0 Å². The van der Waals surface area contributed by atoms with E-state index in [-0.39, 0.29) is 5.91 Å². The molecule has 8 nitrogen and oxygen atoms in total. The summed E-state index contributed by atoms with van der Waals surface area (Å²) in [5.41, 5.74) is 2.57. The topological polar surface area (TPSA) is 100 Å². The van der Waals surface area contributed by atoms with Gasteiger partial charge in [0, 0.05) is 37.3 Å². The molecule has 0 aliphatic carbocycles. The molecule has 112 valence electrons. The van der Waals surface area contributed by atoms with Crippen molar-refractivity contribution in [3.63, 3.8) is 0 Å². The fraction of sp³-hybridized carbons (Fsp3) is 0.286. The number of imidazole rings is 2. The second-order valence-corrected chi connectivity index (χ2v) is 5.18. The molecule has 8 heteroatoms. The number of fused-ring (bicyclic) bond motifs is 2. The average Bonchev–Trinajstić information content (AvgIpc) is 3.18. The zero-order valence-corrected chi connectivity index (χ0v) is 11.8. The van der Waals surface area contributed by atoms with Gasteiger partial charge in [-0.2, -0.15) is 0 Å². The number of aromatic nitrogens is 5. The van der Waals surface area contributed by atoms with Crippen LogP contribution in [-0.4, -0.2) is 36.8 Å². The first-order chi connectivity index (χ1) is 10.8. The van der Waals surface area contributed by atoms with Gasteiger partial charge in [-0.05, 0) is 6.07 Å². The monoisotopic (exact) mass is 297 g/mol. The zero-order chi connectivity index (χ0) is 14.9. The first-order valence-corrected chi connectivity index (χ1v) is 7.13. The van der Waals surface area contributed by atoms with E-state index >= 15 is 0 Å². The molecule has 1 amide bonds. The van der Waals surface area contributed by atoms with Gasteiger partial charge in [0.1, 0.15) is 6.04 Å². The summed E-state index contributed by atoms with van der Waals surface area (Å²) in [6.45, 7) is 1.12. The second kappa shape index (κ2) is 5.23. The van der Waals surface area contributed by atoms with E-state index in [1.165, 1.54) is 0 Å². The average molecular weight is 297 g/mol. The molecular weight excluding hydrogens is 282 g/mol. The van der Waals surface area contributed by atoms with Crippen LogP contribution in [0.4, 0.5) is 0 Å². The Morgan fingerprint density at radius 3 is 3.32 bits per heavy atom. The van der Waals surface area contributed by atoms with Gasteiger partial charge in [0.25, 0.3) is 0 Å². The van der Waals surface area contributed by atoms with Gasteiger partial charge in [0.15, 0.2) is 0 Å². The summed E-state index contributed by atoms with van der Waals surface area (Å²) in [6, 6.07) is 1.42. The van der Waals surface area contributed by atoms with E-state index in [0.29, 0.717) is 12.3 Å². The molecule has 4 heterocycles. The Morgan fingerprint density at radius 2 is 2.41 bits per heavy atom. The van der Waals surface area contributed by atoms with Gasteiger partial charge < -0.3 is 15.6 Å². The van der Waals surface area contributed by atoms with Crippen LogP contribution in [-0.2, 0) is 17.8 Å². The predicted octanol–water partition coefficient (Wildman–Crippen LogP) is -0.0444. The highest BCUT2D eigenvalue weighted by molar-refractivity contribution is 5.83. The van der Waals surface area contributed by atoms with Crippen LogP contribution >= 0.6 is 0 Å². The van der Waals surface area contributed by atoms with Gasteiger partial charge in [-0.3, -0.25) is 9.20 Å². The molecule has 1 aliphatic rings. The molecule has 0 aromatic carbocycles. The summed E-state index contributed by atoms with van der Waals surface area (Å²) < 4.78 is 1.83. The van der Waals surface area contributed by atoms with Crippen molar-refractivity contribution >= 4 is 11.7 Å². The van der Waals surface area contributed by atoms with Gasteiger partial charge in [0.2, 0.25) is 11.7 Å². The summed E-state index contributed by atoms with van der Waals surface area (Å²) in [5, 5.41) is 6.09. The number of nitrogens with zero attached hydrogens (tertiary/aromatic N) is 4. The molecule has 0 spiro atoms. The first kappa shape index (κ1) is 13.0. The van der Waals surface area contributed by atoms with Crippen molar-refractivity contribution in [2.24, 2.45) is 0 Å². The molecule has 0 radical (unpaired) electrons. The summed E-state index contributed by atoms with van der Waals surface area (Å²) in [4.78, 5) is 28.2. The van der Waals surface area contributed by atoms with E-state index in [1.54, 1.807) is 12.5 Å². The first-order valence-electron chi connectivity index (χ1n) is 7.13. The molecule has 4 rings (SSSR count). The second-order valence-electron chi connectivity index (χ2n) is 5.18. The Morgan fingerprint density at radius 1 is 1.45 bits per heavy atom. The lowest BCUT2D eigenvalue weighted by molar-refractivity contribution is -0.123. The Labute approximate surface area is 126 Å². The molecule has 1 aliphatic heterocycles. The van der Waals surface area contributed by atoms with E-state index in [1.807, 2.05) is 22.9 Å². The molecule has 1 atom stereocenters. The number of hydrogen-bond donors (Lipinski definition) is 3. The van der Waals surface area contributed by atoms with Crippen molar-refractivity contribution in [3.05, 3.63) is 48.1 Å². The highest BCUT2D eigenvalue weighted by atomic mass is 16.2. The minimum Gasteiger partial charge on any atom is -0.349 e. The van der Waals surface area contributed by atoms with E-state index in [0.717, 1.165) is 30.0 Å². The molecule has 0 bridgehead atoms. The van der Waals surface area contributed by atoms with Crippen LogP contribution < -0.4 is 10.6 Å². The normalized spacial score (nSPS) is 17.4. The fourth-order valence-electron chi connectivity index (χ4n) is 2.68. The lowest BCUT2D eigenvalue weighted by Crippen LogP contribution is -2.41. The lowest BCUT2D eigenvalue weighted by Gasteiger charge is -2.21. The summed E-state index contributed by atoms with van der Waals surface area (Å²) in [6.07, 6.45) is 7.91. The summed E-state index contributed by atoms with van der Waals surface area (Å²) >= 11 is 0. The maximum absolute atomic E-state index is 12.4. The van der Waals surface area contributed by atoms with Crippen LogP contribution in [0.15, 0.2) is 31.0 Å². The fourth-order valence-corrected chi connectivity index (χ4v) is 2.68. The van der Waals surface area contributed by atoms with E-state index in [2.05, 4.69) is 30.6 Å². The largest absolute Gasteiger partial charge is 0.349 e. The number of H-pyrrole nitrogens is 1. The van der Waals surface area contributed by atoms with Gasteiger partial charge in [-0.1, -0.05) is 0 Å². The van der Waals surface area contributed by atoms with E-state index in [4.69, 9.17) is 0 Å². The smallest absolute Gasteiger partial charge is 0.243 e. The molecule has 22 heavy (non-hydrogen) atoms. The highest BCUT2D eigenvalue weighted by Gasteiger charge is 2.28. The predicted molar refractivity (Wildman–Crippen MR) is 77.9 cm³/mol. The zero-order valence-electron chi connectivity index (χ0n) is 11.8. The van der Waals surface area contributed by atoms with Gasteiger partial charge in [0.05, 0.1) is 24.3 Å².